The third kappa shape index (κ3) is 3.33. The van der Waals surface area contributed by atoms with Crippen molar-refractivity contribution in [1.29, 1.82) is 0 Å². The van der Waals surface area contributed by atoms with E-state index in [1.54, 1.807) is 0 Å². The van der Waals surface area contributed by atoms with Crippen molar-refractivity contribution in [2.24, 2.45) is 0 Å². The molecule has 2 rings (SSSR count). The average molecular weight is 247 g/mol. The van der Waals surface area contributed by atoms with E-state index < -0.39 is 11.7 Å². The van der Waals surface area contributed by atoms with Gasteiger partial charge in [-0.3, -0.25) is 0 Å². The van der Waals surface area contributed by atoms with Crippen LogP contribution in [0.4, 0.5) is 13.2 Å². The van der Waals surface area contributed by atoms with Crippen LogP contribution in [0.2, 0.25) is 0 Å². The van der Waals surface area contributed by atoms with E-state index in [-0.39, 0.29) is 18.6 Å². The van der Waals surface area contributed by atoms with Crippen molar-refractivity contribution < 1.29 is 22.6 Å². The van der Waals surface area contributed by atoms with Crippen molar-refractivity contribution in [2.45, 2.75) is 25.1 Å². The Morgan fingerprint density at radius 2 is 2.29 bits per heavy atom. The van der Waals surface area contributed by atoms with Crippen LogP contribution < -0.4 is 4.74 Å². The minimum absolute atomic E-state index is 0.0182. The van der Waals surface area contributed by atoms with Crippen LogP contribution in [0.3, 0.4) is 0 Å². The predicted molar refractivity (Wildman–Crippen MR) is 53.7 cm³/mol. The molecule has 6 heteroatoms. The van der Waals surface area contributed by atoms with Gasteiger partial charge in [-0.2, -0.15) is 13.2 Å². The Labute approximate surface area is 96.6 Å². The molecule has 1 fully saturated rings. The molecule has 0 aliphatic carbocycles. The van der Waals surface area contributed by atoms with E-state index in [0.29, 0.717) is 6.61 Å². The number of hydrogen-bond acceptors (Lipinski definition) is 3. The molecule has 0 aromatic carbocycles. The number of pyridine rings is 1. The number of halogens is 3. The van der Waals surface area contributed by atoms with Crippen molar-refractivity contribution in [1.82, 2.24) is 4.98 Å². The normalized spacial score (nSPS) is 20.5. The smallest absolute Gasteiger partial charge is 0.416 e. The number of alkyl halides is 3. The molecule has 94 valence electrons. The SMILES string of the molecule is FC(F)(F)c1ccnc(OCC2CCCO2)c1. The Morgan fingerprint density at radius 1 is 1.47 bits per heavy atom. The van der Waals surface area contributed by atoms with Gasteiger partial charge >= 0.3 is 6.18 Å². The summed E-state index contributed by atoms with van der Waals surface area (Å²) < 4.78 is 47.7. The van der Waals surface area contributed by atoms with Crippen molar-refractivity contribution >= 4 is 0 Å². The van der Waals surface area contributed by atoms with E-state index in [0.717, 1.165) is 31.2 Å². The minimum Gasteiger partial charge on any atom is -0.475 e. The highest BCUT2D eigenvalue weighted by Gasteiger charge is 2.31. The van der Waals surface area contributed by atoms with E-state index in [4.69, 9.17) is 9.47 Å². The Hall–Kier alpha value is -1.30. The first-order chi connectivity index (χ1) is 8.05. The van der Waals surface area contributed by atoms with Crippen LogP contribution in [0, 0.1) is 0 Å². The standard InChI is InChI=1S/C11H12F3NO2/c12-11(13,14)8-3-4-15-10(6-8)17-7-9-2-1-5-16-9/h3-4,6,9H,1-2,5,7H2. The van der Waals surface area contributed by atoms with Gasteiger partial charge in [0.15, 0.2) is 0 Å². The molecule has 1 aliphatic rings. The average Bonchev–Trinajstić information content (AvgIpc) is 2.78. The van der Waals surface area contributed by atoms with Crippen LogP contribution in [0.25, 0.3) is 0 Å². The van der Waals surface area contributed by atoms with Gasteiger partial charge in [0.1, 0.15) is 6.61 Å². The van der Waals surface area contributed by atoms with Gasteiger partial charge in [-0.1, -0.05) is 0 Å². The second-order valence-corrected chi connectivity index (χ2v) is 3.83. The summed E-state index contributed by atoms with van der Waals surface area (Å²) >= 11 is 0. The summed E-state index contributed by atoms with van der Waals surface area (Å²) in [6, 6.07) is 1.81. The van der Waals surface area contributed by atoms with Gasteiger partial charge in [-0.05, 0) is 18.9 Å². The third-order valence-corrected chi connectivity index (χ3v) is 2.50. The summed E-state index contributed by atoms with van der Waals surface area (Å²) in [5.41, 5.74) is -0.755. The molecule has 1 saturated heterocycles. The Morgan fingerprint density at radius 3 is 2.94 bits per heavy atom. The van der Waals surface area contributed by atoms with Crippen molar-refractivity contribution in [2.75, 3.05) is 13.2 Å². The van der Waals surface area contributed by atoms with Crippen molar-refractivity contribution in [3.05, 3.63) is 23.9 Å². The maximum Gasteiger partial charge on any atom is 0.416 e. The monoisotopic (exact) mass is 247 g/mol. The van der Waals surface area contributed by atoms with E-state index in [9.17, 15) is 13.2 Å². The number of rotatable bonds is 3. The van der Waals surface area contributed by atoms with Gasteiger partial charge in [-0.25, -0.2) is 4.98 Å². The first kappa shape index (κ1) is 12.2. The fraction of sp³-hybridized carbons (Fsp3) is 0.545. The van der Waals surface area contributed by atoms with Crippen LogP contribution in [0.1, 0.15) is 18.4 Å². The number of aromatic nitrogens is 1. The lowest BCUT2D eigenvalue weighted by atomic mass is 10.2. The zero-order valence-corrected chi connectivity index (χ0v) is 9.04. The zero-order chi connectivity index (χ0) is 12.3. The first-order valence-corrected chi connectivity index (χ1v) is 5.33. The summed E-state index contributed by atoms with van der Waals surface area (Å²) in [5, 5.41) is 0. The highest BCUT2D eigenvalue weighted by atomic mass is 19.4. The molecule has 0 radical (unpaired) electrons. The Kier molecular flexibility index (Phi) is 3.51. The molecule has 1 aliphatic heterocycles. The fourth-order valence-corrected chi connectivity index (χ4v) is 1.62. The highest BCUT2D eigenvalue weighted by Crippen LogP contribution is 2.30. The molecule has 1 unspecified atom stereocenters. The molecule has 0 amide bonds. The molecule has 0 spiro atoms. The second kappa shape index (κ2) is 4.91. The number of hydrogen-bond donors (Lipinski definition) is 0. The van der Waals surface area contributed by atoms with Crippen molar-refractivity contribution in [3.8, 4) is 5.88 Å². The Bertz CT molecular complexity index is 375. The number of ether oxygens (including phenoxy) is 2. The molecule has 1 atom stereocenters. The molecule has 1 aromatic heterocycles. The van der Waals surface area contributed by atoms with Crippen molar-refractivity contribution in [3.63, 3.8) is 0 Å². The maximum atomic E-state index is 12.4. The van der Waals surface area contributed by atoms with E-state index >= 15 is 0 Å². The molecule has 0 bridgehead atoms. The molecule has 1 aromatic rings. The van der Waals surface area contributed by atoms with Gasteiger partial charge < -0.3 is 9.47 Å². The second-order valence-electron chi connectivity index (χ2n) is 3.83. The lowest BCUT2D eigenvalue weighted by Gasteiger charge is -2.12. The van der Waals surface area contributed by atoms with E-state index in [1.165, 1.54) is 0 Å². The number of nitrogens with zero attached hydrogens (tertiary/aromatic N) is 1. The molecular weight excluding hydrogens is 235 g/mol. The van der Waals surface area contributed by atoms with Gasteiger partial charge in [0.25, 0.3) is 0 Å². The van der Waals surface area contributed by atoms with Gasteiger partial charge in [0, 0.05) is 18.9 Å². The lowest BCUT2D eigenvalue weighted by molar-refractivity contribution is -0.137. The molecular formula is C11H12F3NO2. The van der Waals surface area contributed by atoms with Crippen LogP contribution in [-0.2, 0) is 10.9 Å². The summed E-state index contributed by atoms with van der Waals surface area (Å²) in [7, 11) is 0. The van der Waals surface area contributed by atoms with Gasteiger partial charge in [0.2, 0.25) is 5.88 Å². The summed E-state index contributed by atoms with van der Waals surface area (Å²) in [5.74, 6) is -0.0182. The van der Waals surface area contributed by atoms with Gasteiger partial charge in [0.05, 0.1) is 11.7 Å². The van der Waals surface area contributed by atoms with Crippen LogP contribution in [0.5, 0.6) is 5.88 Å². The maximum absolute atomic E-state index is 12.4. The molecule has 3 nitrogen and oxygen atoms in total. The largest absolute Gasteiger partial charge is 0.475 e. The molecule has 0 saturated carbocycles. The van der Waals surface area contributed by atoms with Crippen LogP contribution in [0.15, 0.2) is 18.3 Å². The molecule has 2 heterocycles. The van der Waals surface area contributed by atoms with E-state index in [2.05, 4.69) is 4.98 Å². The first-order valence-electron chi connectivity index (χ1n) is 5.33. The predicted octanol–water partition coefficient (Wildman–Crippen LogP) is 2.66. The quantitative estimate of drug-likeness (QED) is 0.822. The minimum atomic E-state index is -4.37. The fourth-order valence-electron chi connectivity index (χ4n) is 1.62. The van der Waals surface area contributed by atoms with Crippen LogP contribution >= 0.6 is 0 Å². The lowest BCUT2D eigenvalue weighted by Crippen LogP contribution is -2.17. The third-order valence-electron chi connectivity index (χ3n) is 2.50. The van der Waals surface area contributed by atoms with Gasteiger partial charge in [-0.15, -0.1) is 0 Å². The summed E-state index contributed by atoms with van der Waals surface area (Å²) in [6.45, 7) is 0.929. The summed E-state index contributed by atoms with van der Waals surface area (Å²) in [6.07, 6.45) is -1.48. The topological polar surface area (TPSA) is 31.4 Å². The molecule has 0 N–H and O–H groups in total. The Balaban J connectivity index is 1.96. The van der Waals surface area contributed by atoms with E-state index in [1.807, 2.05) is 0 Å². The summed E-state index contributed by atoms with van der Waals surface area (Å²) in [4.78, 5) is 3.74. The van der Waals surface area contributed by atoms with Crippen LogP contribution in [-0.4, -0.2) is 24.3 Å². The molecule has 17 heavy (non-hydrogen) atoms. The zero-order valence-electron chi connectivity index (χ0n) is 9.04. The highest BCUT2D eigenvalue weighted by molar-refractivity contribution is 5.22.